The van der Waals surface area contributed by atoms with Crippen LogP contribution in [0.25, 0.3) is 0 Å². The molecule has 1 saturated carbocycles. The number of nitrogen functional groups attached to an aromatic ring is 1. The van der Waals surface area contributed by atoms with Gasteiger partial charge in [0.1, 0.15) is 5.54 Å². The third-order valence-electron chi connectivity index (χ3n) is 3.74. The topological polar surface area (TPSA) is 98.2 Å². The van der Waals surface area contributed by atoms with E-state index in [2.05, 4.69) is 5.32 Å². The maximum absolute atomic E-state index is 12.2. The van der Waals surface area contributed by atoms with E-state index >= 15 is 0 Å². The Hall–Kier alpha value is -2.04. The van der Waals surface area contributed by atoms with Crippen LogP contribution in [0.4, 0.5) is 5.69 Å². The molecule has 0 aliphatic heterocycles. The van der Waals surface area contributed by atoms with Gasteiger partial charge in [-0.3, -0.25) is 9.59 Å². The summed E-state index contributed by atoms with van der Waals surface area (Å²) in [5, 5.41) is 2.80. The molecule has 0 saturated heterocycles. The minimum Gasteiger partial charge on any atom is -0.398 e. The van der Waals surface area contributed by atoms with E-state index in [1.807, 2.05) is 0 Å². The summed E-state index contributed by atoms with van der Waals surface area (Å²) in [6.45, 7) is 0. The molecule has 1 aromatic carbocycles. The summed E-state index contributed by atoms with van der Waals surface area (Å²) < 4.78 is 0. The van der Waals surface area contributed by atoms with E-state index in [0.29, 0.717) is 24.1 Å². The first kappa shape index (κ1) is 13.4. The number of hydrogen-bond acceptors (Lipinski definition) is 3. The highest BCUT2D eigenvalue weighted by Gasteiger charge is 2.39. The Kier molecular flexibility index (Phi) is 3.74. The molecule has 2 rings (SSSR count). The fourth-order valence-electron chi connectivity index (χ4n) is 2.58. The molecule has 0 heterocycles. The third kappa shape index (κ3) is 2.70. The molecule has 19 heavy (non-hydrogen) atoms. The average Bonchev–Trinajstić information content (AvgIpc) is 2.40. The summed E-state index contributed by atoms with van der Waals surface area (Å²) in [6, 6.07) is 6.80. The van der Waals surface area contributed by atoms with Gasteiger partial charge in [0.15, 0.2) is 0 Å². The fraction of sp³-hybridized carbons (Fsp3) is 0.429. The zero-order chi connectivity index (χ0) is 13.9. The first-order chi connectivity index (χ1) is 9.05. The van der Waals surface area contributed by atoms with Crippen molar-refractivity contribution >= 4 is 17.5 Å². The Bertz CT molecular complexity index is 493. The largest absolute Gasteiger partial charge is 0.398 e. The van der Waals surface area contributed by atoms with Gasteiger partial charge in [-0.2, -0.15) is 0 Å². The first-order valence-corrected chi connectivity index (χ1v) is 6.52. The van der Waals surface area contributed by atoms with Crippen LogP contribution in [-0.4, -0.2) is 17.4 Å². The van der Waals surface area contributed by atoms with E-state index in [4.69, 9.17) is 11.5 Å². The number of nitrogens with one attached hydrogen (secondary N) is 1. The number of primary amides is 1. The van der Waals surface area contributed by atoms with Gasteiger partial charge in [-0.1, -0.05) is 31.4 Å². The minimum atomic E-state index is -0.919. The van der Waals surface area contributed by atoms with Gasteiger partial charge in [0.2, 0.25) is 5.91 Å². The van der Waals surface area contributed by atoms with Crippen LogP contribution in [0.2, 0.25) is 0 Å². The minimum absolute atomic E-state index is 0.334. The van der Waals surface area contributed by atoms with Crippen molar-refractivity contribution in [1.29, 1.82) is 0 Å². The number of para-hydroxylation sites is 1. The second-order valence-corrected chi connectivity index (χ2v) is 5.05. The molecule has 0 atom stereocenters. The quantitative estimate of drug-likeness (QED) is 0.713. The number of amides is 2. The number of rotatable bonds is 3. The van der Waals surface area contributed by atoms with E-state index in [9.17, 15) is 9.59 Å². The molecule has 5 heteroatoms. The second-order valence-electron chi connectivity index (χ2n) is 5.05. The molecular formula is C14H19N3O2. The molecule has 1 aromatic rings. The number of carbonyl (C=O) groups is 2. The van der Waals surface area contributed by atoms with Crippen molar-refractivity contribution in [2.75, 3.05) is 5.73 Å². The molecule has 0 spiro atoms. The Morgan fingerprint density at radius 3 is 2.32 bits per heavy atom. The van der Waals surface area contributed by atoms with Crippen LogP contribution in [0.5, 0.6) is 0 Å². The van der Waals surface area contributed by atoms with Gasteiger partial charge in [0.25, 0.3) is 5.91 Å². The fourth-order valence-corrected chi connectivity index (χ4v) is 2.58. The zero-order valence-electron chi connectivity index (χ0n) is 10.8. The number of nitrogens with two attached hydrogens (primary N) is 2. The van der Waals surface area contributed by atoms with Crippen molar-refractivity contribution in [2.24, 2.45) is 5.73 Å². The summed E-state index contributed by atoms with van der Waals surface area (Å²) in [4.78, 5) is 23.9. The lowest BCUT2D eigenvalue weighted by Gasteiger charge is -2.35. The van der Waals surface area contributed by atoms with E-state index in [1.54, 1.807) is 24.3 Å². The highest BCUT2D eigenvalue weighted by Crippen LogP contribution is 2.28. The maximum Gasteiger partial charge on any atom is 0.254 e. The van der Waals surface area contributed by atoms with Crippen LogP contribution in [0.15, 0.2) is 24.3 Å². The molecule has 1 aliphatic rings. The summed E-state index contributed by atoms with van der Waals surface area (Å²) in [5.41, 5.74) is 11.1. The predicted octanol–water partition coefficient (Wildman–Crippen LogP) is 1.19. The highest BCUT2D eigenvalue weighted by atomic mass is 16.2. The van der Waals surface area contributed by atoms with Crippen molar-refractivity contribution in [3.8, 4) is 0 Å². The molecular weight excluding hydrogens is 242 g/mol. The summed E-state index contributed by atoms with van der Waals surface area (Å²) in [7, 11) is 0. The maximum atomic E-state index is 12.2. The zero-order valence-corrected chi connectivity index (χ0v) is 10.8. The molecule has 5 nitrogen and oxygen atoms in total. The Labute approximate surface area is 112 Å². The molecule has 0 bridgehead atoms. The SMILES string of the molecule is NC(=O)C1(NC(=O)c2ccccc2N)CCCCC1. The van der Waals surface area contributed by atoms with Gasteiger partial charge in [0.05, 0.1) is 5.56 Å². The Morgan fingerprint density at radius 1 is 1.11 bits per heavy atom. The van der Waals surface area contributed by atoms with Crippen LogP contribution in [0.3, 0.4) is 0 Å². The van der Waals surface area contributed by atoms with E-state index in [0.717, 1.165) is 19.3 Å². The van der Waals surface area contributed by atoms with Gasteiger partial charge in [0, 0.05) is 5.69 Å². The normalized spacial score (nSPS) is 17.7. The van der Waals surface area contributed by atoms with Crippen molar-refractivity contribution in [3.05, 3.63) is 29.8 Å². The lowest BCUT2D eigenvalue weighted by Crippen LogP contribution is -2.58. The van der Waals surface area contributed by atoms with E-state index < -0.39 is 11.4 Å². The molecule has 0 radical (unpaired) electrons. The standard InChI is InChI=1S/C14H19N3O2/c15-11-7-3-2-6-10(11)12(18)17-14(13(16)19)8-4-1-5-9-14/h2-3,6-7H,1,4-5,8-9,15H2,(H2,16,19)(H,17,18). The number of anilines is 1. The third-order valence-corrected chi connectivity index (χ3v) is 3.74. The lowest BCUT2D eigenvalue weighted by atomic mass is 9.81. The molecule has 0 aromatic heterocycles. The van der Waals surface area contributed by atoms with E-state index in [-0.39, 0.29) is 5.91 Å². The van der Waals surface area contributed by atoms with Crippen molar-refractivity contribution in [1.82, 2.24) is 5.32 Å². The summed E-state index contributed by atoms with van der Waals surface area (Å²) >= 11 is 0. The Balaban J connectivity index is 2.20. The van der Waals surface area contributed by atoms with Crippen LogP contribution < -0.4 is 16.8 Å². The highest BCUT2D eigenvalue weighted by molar-refractivity contribution is 6.02. The van der Waals surface area contributed by atoms with Gasteiger partial charge >= 0.3 is 0 Å². The van der Waals surface area contributed by atoms with Gasteiger partial charge in [-0.15, -0.1) is 0 Å². The first-order valence-electron chi connectivity index (χ1n) is 6.52. The van der Waals surface area contributed by atoms with Crippen LogP contribution >= 0.6 is 0 Å². The number of carbonyl (C=O) groups excluding carboxylic acids is 2. The molecule has 1 fully saturated rings. The van der Waals surface area contributed by atoms with Crippen LogP contribution in [0.1, 0.15) is 42.5 Å². The monoisotopic (exact) mass is 261 g/mol. The molecule has 0 unspecified atom stereocenters. The second kappa shape index (κ2) is 5.30. The Morgan fingerprint density at radius 2 is 1.74 bits per heavy atom. The molecule has 1 aliphatic carbocycles. The molecule has 2 amide bonds. The smallest absolute Gasteiger partial charge is 0.254 e. The van der Waals surface area contributed by atoms with Crippen LogP contribution in [0, 0.1) is 0 Å². The predicted molar refractivity (Wildman–Crippen MR) is 73.3 cm³/mol. The number of benzene rings is 1. The van der Waals surface area contributed by atoms with Crippen molar-refractivity contribution in [3.63, 3.8) is 0 Å². The van der Waals surface area contributed by atoms with Crippen molar-refractivity contribution in [2.45, 2.75) is 37.6 Å². The van der Waals surface area contributed by atoms with Gasteiger partial charge < -0.3 is 16.8 Å². The molecule has 5 N–H and O–H groups in total. The average molecular weight is 261 g/mol. The van der Waals surface area contributed by atoms with Crippen molar-refractivity contribution < 1.29 is 9.59 Å². The molecule has 102 valence electrons. The van der Waals surface area contributed by atoms with E-state index in [1.165, 1.54) is 0 Å². The van der Waals surface area contributed by atoms with Crippen LogP contribution in [-0.2, 0) is 4.79 Å². The number of hydrogen-bond donors (Lipinski definition) is 3. The van der Waals surface area contributed by atoms with Gasteiger partial charge in [-0.05, 0) is 25.0 Å². The van der Waals surface area contributed by atoms with Gasteiger partial charge in [-0.25, -0.2) is 0 Å². The summed E-state index contributed by atoms with van der Waals surface area (Å²) in [6.07, 6.45) is 4.06. The summed E-state index contributed by atoms with van der Waals surface area (Å²) in [5.74, 6) is -0.797. The lowest BCUT2D eigenvalue weighted by molar-refractivity contribution is -0.125.